The Morgan fingerprint density at radius 3 is 2.48 bits per heavy atom. The van der Waals surface area contributed by atoms with Crippen LogP contribution in [0.4, 0.5) is 0 Å². The first-order valence-corrected chi connectivity index (χ1v) is 9.52. The molecule has 7 heteroatoms. The lowest BCUT2D eigenvalue weighted by atomic mass is 9.99. The molecule has 6 nitrogen and oxygen atoms in total. The first-order valence-electron chi connectivity index (χ1n) is 8.08. The van der Waals surface area contributed by atoms with E-state index in [0.717, 1.165) is 29.4 Å². The van der Waals surface area contributed by atoms with Gasteiger partial charge in [-0.1, -0.05) is 18.2 Å². The van der Waals surface area contributed by atoms with Crippen molar-refractivity contribution < 1.29 is 17.9 Å². The summed E-state index contributed by atoms with van der Waals surface area (Å²) in [7, 11) is -0.562. The number of hydrogen-bond acceptors (Lipinski definition) is 5. The van der Waals surface area contributed by atoms with Crippen molar-refractivity contribution in [2.75, 3.05) is 27.2 Å². The lowest BCUT2D eigenvalue weighted by Crippen LogP contribution is -2.27. The highest BCUT2D eigenvalue weighted by molar-refractivity contribution is 7.88. The molecule has 0 atom stereocenters. The highest BCUT2D eigenvalue weighted by Gasteiger charge is 2.22. The van der Waals surface area contributed by atoms with Gasteiger partial charge in [-0.05, 0) is 41.8 Å². The molecule has 1 N–H and O–H groups in total. The van der Waals surface area contributed by atoms with Crippen LogP contribution < -0.4 is 0 Å². The van der Waals surface area contributed by atoms with Gasteiger partial charge in [0.25, 0.3) is 10.0 Å². The molecule has 0 spiro atoms. The van der Waals surface area contributed by atoms with Crippen molar-refractivity contribution in [2.45, 2.75) is 18.1 Å². The molecular formula is C18H22N2O4S. The molecule has 3 rings (SSSR count). The van der Waals surface area contributed by atoms with Crippen LogP contribution in [0.2, 0.25) is 0 Å². The van der Waals surface area contributed by atoms with Crippen molar-refractivity contribution >= 4 is 15.6 Å². The van der Waals surface area contributed by atoms with Gasteiger partial charge >= 0.3 is 0 Å². The maximum Gasteiger partial charge on any atom is 0.275 e. The molecule has 2 heterocycles. The van der Waals surface area contributed by atoms with Crippen molar-refractivity contribution in [3.05, 3.63) is 53.8 Å². The number of sulfonamides is 1. The van der Waals surface area contributed by atoms with Crippen LogP contribution in [-0.4, -0.2) is 49.9 Å². The average Bonchev–Trinajstić information content (AvgIpc) is 3.05. The van der Waals surface area contributed by atoms with Gasteiger partial charge in [0.2, 0.25) is 5.09 Å². The number of hydrogen-bond donors (Lipinski definition) is 1. The summed E-state index contributed by atoms with van der Waals surface area (Å²) in [5, 5.41) is 9.35. The minimum atomic E-state index is -3.53. The van der Waals surface area contributed by atoms with Gasteiger partial charge in [-0.3, -0.25) is 4.90 Å². The second-order valence-corrected chi connectivity index (χ2v) is 8.35. The van der Waals surface area contributed by atoms with Crippen LogP contribution in [0.15, 0.2) is 52.0 Å². The number of nitrogens with zero attached hydrogens (tertiary/aromatic N) is 2. The monoisotopic (exact) mass is 362 g/mol. The topological polar surface area (TPSA) is 74.0 Å². The summed E-state index contributed by atoms with van der Waals surface area (Å²) in [5.74, 6) is 0.907. The molecule has 1 aliphatic rings. The van der Waals surface area contributed by atoms with Crippen LogP contribution in [0.3, 0.4) is 0 Å². The Hall–Kier alpha value is -2.09. The van der Waals surface area contributed by atoms with E-state index in [-0.39, 0.29) is 10.8 Å². The van der Waals surface area contributed by atoms with E-state index in [1.165, 1.54) is 25.7 Å². The Morgan fingerprint density at radius 2 is 1.88 bits per heavy atom. The number of phenolic OH excluding ortho intramolecular Hbond substituents is 1. The normalized spacial score (nSPS) is 16.2. The fourth-order valence-electron chi connectivity index (χ4n) is 2.77. The third kappa shape index (κ3) is 3.95. The predicted molar refractivity (Wildman–Crippen MR) is 95.6 cm³/mol. The Morgan fingerprint density at radius 1 is 1.16 bits per heavy atom. The van der Waals surface area contributed by atoms with Crippen molar-refractivity contribution in [3.8, 4) is 5.75 Å². The zero-order valence-corrected chi connectivity index (χ0v) is 15.2. The predicted octanol–water partition coefficient (Wildman–Crippen LogP) is 2.52. The number of furan rings is 1. The highest BCUT2D eigenvalue weighted by Crippen LogP contribution is 2.25. The Labute approximate surface area is 148 Å². The molecule has 1 aromatic heterocycles. The molecule has 0 saturated carbocycles. The highest BCUT2D eigenvalue weighted by atomic mass is 32.2. The van der Waals surface area contributed by atoms with Gasteiger partial charge in [0.1, 0.15) is 11.5 Å². The van der Waals surface area contributed by atoms with Crippen LogP contribution >= 0.6 is 0 Å². The maximum absolute atomic E-state index is 12.1. The maximum atomic E-state index is 12.1. The second kappa shape index (κ2) is 7.03. The first kappa shape index (κ1) is 17.7. The van der Waals surface area contributed by atoms with Gasteiger partial charge in [0, 0.05) is 27.2 Å². The van der Waals surface area contributed by atoms with Crippen LogP contribution in [0, 0.1) is 0 Å². The van der Waals surface area contributed by atoms with E-state index in [9.17, 15) is 13.5 Å². The zero-order chi connectivity index (χ0) is 18.0. The van der Waals surface area contributed by atoms with E-state index in [4.69, 9.17) is 4.42 Å². The summed E-state index contributed by atoms with van der Waals surface area (Å²) in [5.41, 5.74) is 2.38. The molecule has 134 valence electrons. The summed E-state index contributed by atoms with van der Waals surface area (Å²) in [4.78, 5) is 2.20. The van der Waals surface area contributed by atoms with Crippen molar-refractivity contribution in [3.63, 3.8) is 0 Å². The summed E-state index contributed by atoms with van der Waals surface area (Å²) in [6, 6.07) is 10.4. The molecule has 2 aromatic rings. The fraction of sp³-hybridized carbons (Fsp3) is 0.333. The summed E-state index contributed by atoms with van der Waals surface area (Å²) < 4.78 is 30.8. The lowest BCUT2D eigenvalue weighted by Gasteiger charge is -2.25. The minimum absolute atomic E-state index is 0.0233. The lowest BCUT2D eigenvalue weighted by molar-refractivity contribution is 0.256. The zero-order valence-electron chi connectivity index (χ0n) is 14.3. The summed E-state index contributed by atoms with van der Waals surface area (Å²) in [6.07, 6.45) is 3.06. The fourth-order valence-corrected chi connectivity index (χ4v) is 3.59. The molecule has 0 unspecified atom stereocenters. The van der Waals surface area contributed by atoms with Crippen LogP contribution in [-0.2, 0) is 16.6 Å². The Bertz CT molecular complexity index is 867. The Balaban J connectivity index is 1.64. The van der Waals surface area contributed by atoms with Crippen molar-refractivity contribution in [2.24, 2.45) is 0 Å². The average molecular weight is 362 g/mol. The quantitative estimate of drug-likeness (QED) is 0.885. The molecule has 1 aliphatic heterocycles. The van der Waals surface area contributed by atoms with Crippen molar-refractivity contribution in [1.29, 1.82) is 0 Å². The van der Waals surface area contributed by atoms with Gasteiger partial charge in [-0.2, -0.15) is 0 Å². The van der Waals surface area contributed by atoms with Gasteiger partial charge in [0.15, 0.2) is 0 Å². The Kier molecular flexibility index (Phi) is 4.99. The van der Waals surface area contributed by atoms with E-state index in [1.807, 2.05) is 12.1 Å². The molecule has 25 heavy (non-hydrogen) atoms. The smallest absolute Gasteiger partial charge is 0.275 e. The third-order valence-electron chi connectivity index (χ3n) is 4.28. The molecule has 0 saturated heterocycles. The molecule has 0 bridgehead atoms. The molecule has 0 radical (unpaired) electrons. The van der Waals surface area contributed by atoms with Crippen LogP contribution in [0.1, 0.15) is 17.7 Å². The minimum Gasteiger partial charge on any atom is -0.508 e. The van der Waals surface area contributed by atoms with Gasteiger partial charge in [-0.15, -0.1) is 0 Å². The molecule has 0 amide bonds. The number of aromatic hydroxyl groups is 1. The van der Waals surface area contributed by atoms with Gasteiger partial charge in [-0.25, -0.2) is 12.7 Å². The summed E-state index contributed by atoms with van der Waals surface area (Å²) in [6.45, 7) is 2.21. The van der Waals surface area contributed by atoms with Gasteiger partial charge < -0.3 is 9.52 Å². The van der Waals surface area contributed by atoms with E-state index in [0.29, 0.717) is 12.3 Å². The van der Waals surface area contributed by atoms with E-state index in [2.05, 4.69) is 11.0 Å². The molecule has 1 aromatic carbocycles. The van der Waals surface area contributed by atoms with Crippen LogP contribution in [0.25, 0.3) is 5.57 Å². The van der Waals surface area contributed by atoms with Gasteiger partial charge in [0.05, 0.1) is 6.54 Å². The first-order chi connectivity index (χ1) is 11.9. The standard InChI is InChI=1S/C18H22N2O4S/c1-19(2)25(22,23)18-8-7-17(24-18)13-20-11-9-15(10-12-20)14-3-5-16(21)6-4-14/h3-9,21H,10-13H2,1-2H3. The van der Waals surface area contributed by atoms with E-state index >= 15 is 0 Å². The number of phenols is 1. The number of rotatable bonds is 5. The SMILES string of the molecule is CN(C)S(=O)(=O)c1ccc(CN2CC=C(c3ccc(O)cc3)CC2)o1. The second-order valence-electron chi connectivity index (χ2n) is 6.27. The van der Waals surface area contributed by atoms with E-state index < -0.39 is 10.0 Å². The van der Waals surface area contributed by atoms with E-state index in [1.54, 1.807) is 18.2 Å². The third-order valence-corrected chi connectivity index (χ3v) is 5.97. The van der Waals surface area contributed by atoms with Crippen LogP contribution in [0.5, 0.6) is 5.75 Å². The molecule has 0 aliphatic carbocycles. The molecular weight excluding hydrogens is 340 g/mol. The molecule has 0 fully saturated rings. The van der Waals surface area contributed by atoms with Crippen molar-refractivity contribution in [1.82, 2.24) is 9.21 Å². The largest absolute Gasteiger partial charge is 0.508 e. The summed E-state index contributed by atoms with van der Waals surface area (Å²) >= 11 is 0. The number of benzene rings is 1.